The SMILES string of the molecule is O=C(CCc1nn(-c2ccccc2)c(=O)o1)N1CCCCC1. The van der Waals surface area contributed by atoms with Gasteiger partial charge in [-0.2, -0.15) is 4.68 Å². The van der Waals surface area contributed by atoms with Gasteiger partial charge in [-0.05, 0) is 31.4 Å². The predicted molar refractivity (Wildman–Crippen MR) is 80.9 cm³/mol. The molecule has 0 bridgehead atoms. The van der Waals surface area contributed by atoms with E-state index >= 15 is 0 Å². The number of aromatic nitrogens is 2. The van der Waals surface area contributed by atoms with E-state index in [0.717, 1.165) is 25.9 Å². The molecule has 1 amide bonds. The zero-order chi connectivity index (χ0) is 15.4. The van der Waals surface area contributed by atoms with Crippen molar-refractivity contribution in [2.24, 2.45) is 0 Å². The molecule has 1 fully saturated rings. The zero-order valence-corrected chi connectivity index (χ0v) is 12.4. The number of carbonyl (C=O) groups is 1. The lowest BCUT2D eigenvalue weighted by atomic mass is 10.1. The van der Waals surface area contributed by atoms with Crippen LogP contribution in [0.2, 0.25) is 0 Å². The van der Waals surface area contributed by atoms with Gasteiger partial charge in [-0.1, -0.05) is 18.2 Å². The summed E-state index contributed by atoms with van der Waals surface area (Å²) in [5, 5.41) is 4.16. The molecule has 0 atom stereocenters. The van der Waals surface area contributed by atoms with Crippen molar-refractivity contribution in [2.45, 2.75) is 32.1 Å². The summed E-state index contributed by atoms with van der Waals surface area (Å²) in [6.45, 7) is 1.67. The largest absolute Gasteiger partial charge is 0.441 e. The minimum absolute atomic E-state index is 0.108. The summed E-state index contributed by atoms with van der Waals surface area (Å²) in [5.41, 5.74) is 0.657. The molecule has 1 aliphatic rings. The Kier molecular flexibility index (Phi) is 4.37. The molecule has 2 heterocycles. The van der Waals surface area contributed by atoms with Crippen LogP contribution in [0.5, 0.6) is 0 Å². The molecule has 0 unspecified atom stereocenters. The molecule has 3 rings (SSSR count). The summed E-state index contributed by atoms with van der Waals surface area (Å²) >= 11 is 0. The molecule has 0 aliphatic carbocycles. The van der Waals surface area contributed by atoms with Crippen LogP contribution in [0.1, 0.15) is 31.6 Å². The Morgan fingerprint density at radius 3 is 2.59 bits per heavy atom. The molecule has 116 valence electrons. The Balaban J connectivity index is 1.64. The Hall–Kier alpha value is -2.37. The van der Waals surface area contributed by atoms with E-state index in [4.69, 9.17) is 4.42 Å². The van der Waals surface area contributed by atoms with Gasteiger partial charge >= 0.3 is 5.76 Å². The van der Waals surface area contributed by atoms with Gasteiger partial charge in [0.2, 0.25) is 11.8 Å². The van der Waals surface area contributed by atoms with Crippen molar-refractivity contribution in [1.82, 2.24) is 14.7 Å². The minimum atomic E-state index is -0.522. The van der Waals surface area contributed by atoms with Crippen LogP contribution in [0.15, 0.2) is 39.5 Å². The van der Waals surface area contributed by atoms with E-state index in [0.29, 0.717) is 24.4 Å². The maximum Gasteiger partial charge on any atom is 0.441 e. The van der Waals surface area contributed by atoms with E-state index in [1.807, 2.05) is 23.1 Å². The van der Waals surface area contributed by atoms with E-state index in [1.165, 1.54) is 11.1 Å². The van der Waals surface area contributed by atoms with Crippen molar-refractivity contribution in [1.29, 1.82) is 0 Å². The van der Waals surface area contributed by atoms with Crippen molar-refractivity contribution < 1.29 is 9.21 Å². The maximum absolute atomic E-state index is 12.1. The van der Waals surface area contributed by atoms with Gasteiger partial charge in [0.05, 0.1) is 5.69 Å². The molecule has 0 saturated carbocycles. The van der Waals surface area contributed by atoms with E-state index in [1.54, 1.807) is 12.1 Å². The Labute approximate surface area is 128 Å². The number of aryl methyl sites for hydroxylation is 1. The highest BCUT2D eigenvalue weighted by molar-refractivity contribution is 5.76. The van der Waals surface area contributed by atoms with Gasteiger partial charge in [-0.25, -0.2) is 4.79 Å². The zero-order valence-electron chi connectivity index (χ0n) is 12.4. The fourth-order valence-electron chi connectivity index (χ4n) is 2.67. The molecule has 1 aliphatic heterocycles. The molecule has 0 radical (unpaired) electrons. The normalized spacial score (nSPS) is 15.0. The molecule has 2 aromatic rings. The molecule has 0 N–H and O–H groups in total. The van der Waals surface area contributed by atoms with Crippen LogP contribution in [-0.2, 0) is 11.2 Å². The standard InChI is InChI=1S/C16H19N3O3/c20-15(18-11-5-2-6-12-18)10-9-14-17-19(16(21)22-14)13-7-3-1-4-8-13/h1,3-4,7-8H,2,5-6,9-12H2. The van der Waals surface area contributed by atoms with Crippen molar-refractivity contribution in [3.63, 3.8) is 0 Å². The quantitative estimate of drug-likeness (QED) is 0.863. The number of para-hydroxylation sites is 1. The van der Waals surface area contributed by atoms with Crippen molar-refractivity contribution in [2.75, 3.05) is 13.1 Å². The predicted octanol–water partition coefficient (Wildman–Crippen LogP) is 1.77. The second-order valence-electron chi connectivity index (χ2n) is 5.45. The monoisotopic (exact) mass is 301 g/mol. The van der Waals surface area contributed by atoms with E-state index < -0.39 is 5.76 Å². The number of hydrogen-bond acceptors (Lipinski definition) is 4. The summed E-state index contributed by atoms with van der Waals surface area (Å²) in [6, 6.07) is 9.10. The molecule has 1 saturated heterocycles. The average molecular weight is 301 g/mol. The number of nitrogens with zero attached hydrogens (tertiary/aromatic N) is 3. The van der Waals surface area contributed by atoms with E-state index in [9.17, 15) is 9.59 Å². The van der Waals surface area contributed by atoms with Crippen LogP contribution in [0.4, 0.5) is 0 Å². The minimum Gasteiger partial charge on any atom is -0.392 e. The highest BCUT2D eigenvalue weighted by atomic mass is 16.4. The summed E-state index contributed by atoms with van der Waals surface area (Å²) in [6.07, 6.45) is 4.02. The third-order valence-electron chi connectivity index (χ3n) is 3.85. The first-order chi connectivity index (χ1) is 10.7. The number of carbonyl (C=O) groups excluding carboxylic acids is 1. The first-order valence-corrected chi connectivity index (χ1v) is 7.66. The lowest BCUT2D eigenvalue weighted by Crippen LogP contribution is -2.35. The van der Waals surface area contributed by atoms with Gasteiger partial charge in [0.1, 0.15) is 0 Å². The number of hydrogen-bond donors (Lipinski definition) is 0. The van der Waals surface area contributed by atoms with Gasteiger partial charge in [-0.3, -0.25) is 4.79 Å². The Morgan fingerprint density at radius 1 is 1.14 bits per heavy atom. The average Bonchev–Trinajstić information content (AvgIpc) is 2.95. The van der Waals surface area contributed by atoms with Gasteiger partial charge in [0, 0.05) is 25.9 Å². The molecule has 1 aromatic heterocycles. The van der Waals surface area contributed by atoms with Gasteiger partial charge in [0.25, 0.3) is 0 Å². The second kappa shape index (κ2) is 6.60. The highest BCUT2D eigenvalue weighted by Gasteiger charge is 2.18. The smallest absolute Gasteiger partial charge is 0.392 e. The summed E-state index contributed by atoms with van der Waals surface area (Å²) in [7, 11) is 0. The molecule has 6 heteroatoms. The summed E-state index contributed by atoms with van der Waals surface area (Å²) in [4.78, 5) is 25.8. The first kappa shape index (κ1) is 14.6. The third-order valence-corrected chi connectivity index (χ3v) is 3.85. The van der Waals surface area contributed by atoms with E-state index in [2.05, 4.69) is 5.10 Å². The van der Waals surface area contributed by atoms with E-state index in [-0.39, 0.29) is 5.91 Å². The van der Waals surface area contributed by atoms with Crippen LogP contribution < -0.4 is 5.76 Å². The van der Waals surface area contributed by atoms with Crippen molar-refractivity contribution >= 4 is 5.91 Å². The molecule has 1 aromatic carbocycles. The number of benzene rings is 1. The van der Waals surface area contributed by atoms with Crippen molar-refractivity contribution in [3.8, 4) is 5.69 Å². The highest BCUT2D eigenvalue weighted by Crippen LogP contribution is 2.11. The molecular weight excluding hydrogens is 282 g/mol. The summed E-state index contributed by atoms with van der Waals surface area (Å²) in [5.74, 6) is -0.109. The molecular formula is C16H19N3O3. The number of piperidine rings is 1. The lowest BCUT2D eigenvalue weighted by molar-refractivity contribution is -0.132. The Morgan fingerprint density at radius 2 is 1.86 bits per heavy atom. The van der Waals surface area contributed by atoms with Crippen LogP contribution in [0.25, 0.3) is 5.69 Å². The lowest BCUT2D eigenvalue weighted by Gasteiger charge is -2.26. The number of likely N-dealkylation sites (tertiary alicyclic amines) is 1. The molecule has 0 spiro atoms. The first-order valence-electron chi connectivity index (χ1n) is 7.66. The van der Waals surface area contributed by atoms with Gasteiger partial charge in [-0.15, -0.1) is 5.10 Å². The fraction of sp³-hybridized carbons (Fsp3) is 0.438. The summed E-state index contributed by atoms with van der Waals surface area (Å²) < 4.78 is 6.36. The van der Waals surface area contributed by atoms with Crippen LogP contribution in [0, 0.1) is 0 Å². The van der Waals surface area contributed by atoms with Crippen LogP contribution in [0.3, 0.4) is 0 Å². The van der Waals surface area contributed by atoms with Gasteiger partial charge < -0.3 is 9.32 Å². The molecule has 22 heavy (non-hydrogen) atoms. The maximum atomic E-state index is 12.1. The fourth-order valence-corrected chi connectivity index (χ4v) is 2.67. The third kappa shape index (κ3) is 3.27. The van der Waals surface area contributed by atoms with Crippen LogP contribution >= 0.6 is 0 Å². The van der Waals surface area contributed by atoms with Crippen LogP contribution in [-0.4, -0.2) is 33.7 Å². The molecule has 6 nitrogen and oxygen atoms in total. The van der Waals surface area contributed by atoms with Crippen molar-refractivity contribution in [3.05, 3.63) is 46.8 Å². The second-order valence-corrected chi connectivity index (χ2v) is 5.45. The topological polar surface area (TPSA) is 68.3 Å². The number of amides is 1. The Bertz CT molecular complexity index is 684. The number of rotatable bonds is 4. The van der Waals surface area contributed by atoms with Gasteiger partial charge in [0.15, 0.2) is 0 Å².